The molecule has 0 fully saturated rings. The molecule has 0 unspecified atom stereocenters. The number of carbonyl (C=O) groups is 1. The molecule has 1 aliphatic rings. The van der Waals surface area contributed by atoms with E-state index in [0.717, 1.165) is 6.42 Å². The molecule has 0 radical (unpaired) electrons. The Bertz CT molecular complexity index is 526. The van der Waals surface area contributed by atoms with Gasteiger partial charge in [-0.2, -0.15) is 20.1 Å². The van der Waals surface area contributed by atoms with E-state index in [2.05, 4.69) is 47.6 Å². The highest BCUT2D eigenvalue weighted by Gasteiger charge is 2.38. The molecule has 8 heteroatoms. The molecule has 0 atom stereocenters. The van der Waals surface area contributed by atoms with E-state index >= 15 is 0 Å². The molecule has 0 saturated heterocycles. The van der Waals surface area contributed by atoms with Crippen LogP contribution in [0.15, 0.2) is 21.0 Å². The molecule has 1 aromatic rings. The molecule has 100 valence electrons. The number of carbonyl (C=O) groups excluding carboxylic acids is 1. The number of nitrogens with zero attached hydrogens (tertiary/aromatic N) is 5. The minimum Gasteiger partial charge on any atom is -0.354 e. The van der Waals surface area contributed by atoms with Crippen molar-refractivity contribution in [2.75, 3.05) is 6.54 Å². The first-order chi connectivity index (χ1) is 9.13. The average molecular weight is 325 g/mol. The van der Waals surface area contributed by atoms with Gasteiger partial charge < -0.3 is 5.32 Å². The normalized spacial score (nSPS) is 14.9. The number of nitrogens with one attached hydrogen (secondary N) is 1. The molecule has 0 aromatic carbocycles. The molecule has 0 saturated carbocycles. The SMILES string of the molecule is C#CCCC1(CCNC(=O)Cn2ncc(Br)n2)N=N1. The second-order valence-electron chi connectivity index (χ2n) is 4.18. The van der Waals surface area contributed by atoms with E-state index in [1.54, 1.807) is 0 Å². The molecular weight excluding hydrogens is 312 g/mol. The monoisotopic (exact) mass is 324 g/mol. The van der Waals surface area contributed by atoms with Crippen molar-refractivity contribution in [2.24, 2.45) is 10.2 Å². The molecule has 1 amide bonds. The van der Waals surface area contributed by atoms with Gasteiger partial charge in [0.25, 0.3) is 0 Å². The van der Waals surface area contributed by atoms with Crippen LogP contribution >= 0.6 is 15.9 Å². The van der Waals surface area contributed by atoms with Crippen LogP contribution in [0.1, 0.15) is 19.3 Å². The highest BCUT2D eigenvalue weighted by Crippen LogP contribution is 2.35. The van der Waals surface area contributed by atoms with Gasteiger partial charge in [0.2, 0.25) is 5.91 Å². The van der Waals surface area contributed by atoms with E-state index in [-0.39, 0.29) is 18.1 Å². The Kier molecular flexibility index (Phi) is 4.27. The zero-order valence-electron chi connectivity index (χ0n) is 10.2. The van der Waals surface area contributed by atoms with Crippen molar-refractivity contribution < 1.29 is 4.79 Å². The topological polar surface area (TPSA) is 84.5 Å². The Hall–Kier alpha value is -1.75. The second kappa shape index (κ2) is 5.93. The fourth-order valence-electron chi connectivity index (χ4n) is 1.61. The number of hydrogen-bond acceptors (Lipinski definition) is 5. The first-order valence-corrected chi connectivity index (χ1v) is 6.63. The van der Waals surface area contributed by atoms with Crippen molar-refractivity contribution in [3.63, 3.8) is 0 Å². The van der Waals surface area contributed by atoms with Crippen molar-refractivity contribution >= 4 is 21.8 Å². The van der Waals surface area contributed by atoms with Gasteiger partial charge in [-0.25, -0.2) is 0 Å². The predicted molar refractivity (Wildman–Crippen MR) is 71.0 cm³/mol. The Morgan fingerprint density at radius 2 is 2.32 bits per heavy atom. The number of halogens is 1. The third kappa shape index (κ3) is 4.13. The van der Waals surface area contributed by atoms with Gasteiger partial charge in [-0.15, -0.1) is 17.4 Å². The summed E-state index contributed by atoms with van der Waals surface area (Å²) in [6.07, 6.45) is 8.80. The summed E-state index contributed by atoms with van der Waals surface area (Å²) in [6, 6.07) is 0. The maximum absolute atomic E-state index is 11.6. The number of terminal acetylenes is 1. The van der Waals surface area contributed by atoms with Gasteiger partial charge in [-0.3, -0.25) is 4.79 Å². The molecule has 1 N–H and O–H groups in total. The van der Waals surface area contributed by atoms with Gasteiger partial charge in [0.1, 0.15) is 11.1 Å². The molecule has 0 aliphatic carbocycles. The first kappa shape index (κ1) is 13.7. The van der Waals surface area contributed by atoms with E-state index in [1.807, 2.05) is 0 Å². The fourth-order valence-corrected chi connectivity index (χ4v) is 1.88. The minimum absolute atomic E-state index is 0.0945. The maximum atomic E-state index is 11.6. The van der Waals surface area contributed by atoms with E-state index in [9.17, 15) is 4.79 Å². The van der Waals surface area contributed by atoms with Crippen molar-refractivity contribution in [1.82, 2.24) is 20.3 Å². The highest BCUT2D eigenvalue weighted by molar-refractivity contribution is 9.10. The van der Waals surface area contributed by atoms with Crippen LogP contribution in [0.25, 0.3) is 0 Å². The van der Waals surface area contributed by atoms with Crippen LogP contribution in [-0.2, 0) is 11.3 Å². The lowest BCUT2D eigenvalue weighted by molar-refractivity contribution is -0.122. The molecule has 0 spiro atoms. The maximum Gasteiger partial charge on any atom is 0.243 e. The molecule has 2 rings (SSSR count). The Labute approximate surface area is 119 Å². The largest absolute Gasteiger partial charge is 0.354 e. The fraction of sp³-hybridized carbons (Fsp3) is 0.545. The molecule has 7 nitrogen and oxygen atoms in total. The third-order valence-corrected chi connectivity index (χ3v) is 3.06. The molecule has 1 aromatic heterocycles. The van der Waals surface area contributed by atoms with Crippen LogP contribution in [0, 0.1) is 12.3 Å². The molecular formula is C11H13BrN6O. The third-order valence-electron chi connectivity index (χ3n) is 2.69. The zero-order valence-corrected chi connectivity index (χ0v) is 11.8. The standard InChI is InChI=1S/C11H13BrN6O/c1-2-3-4-11(16-17-11)5-6-13-10(19)8-18-14-7-9(12)15-18/h1,7H,3-6,8H2,(H,13,19). The summed E-state index contributed by atoms with van der Waals surface area (Å²) in [6.45, 7) is 0.607. The van der Waals surface area contributed by atoms with E-state index in [1.165, 1.54) is 11.0 Å². The van der Waals surface area contributed by atoms with Crippen molar-refractivity contribution in [3.8, 4) is 12.3 Å². The van der Waals surface area contributed by atoms with Crippen LogP contribution in [-0.4, -0.2) is 33.1 Å². The van der Waals surface area contributed by atoms with Crippen LogP contribution in [0.2, 0.25) is 0 Å². The second-order valence-corrected chi connectivity index (χ2v) is 5.00. The van der Waals surface area contributed by atoms with Gasteiger partial charge in [-0.1, -0.05) is 0 Å². The average Bonchev–Trinajstić information content (AvgIpc) is 3.03. The van der Waals surface area contributed by atoms with E-state index in [0.29, 0.717) is 24.0 Å². The van der Waals surface area contributed by atoms with Crippen molar-refractivity contribution in [1.29, 1.82) is 0 Å². The lowest BCUT2D eigenvalue weighted by atomic mass is 10.0. The number of aromatic nitrogens is 3. The van der Waals surface area contributed by atoms with Crippen LogP contribution in [0.5, 0.6) is 0 Å². The number of amides is 1. The summed E-state index contributed by atoms with van der Waals surface area (Å²) < 4.78 is 0.601. The van der Waals surface area contributed by atoms with Crippen LogP contribution in [0.3, 0.4) is 0 Å². The molecule has 19 heavy (non-hydrogen) atoms. The lowest BCUT2D eigenvalue weighted by Crippen LogP contribution is -2.31. The summed E-state index contributed by atoms with van der Waals surface area (Å²) >= 11 is 3.17. The van der Waals surface area contributed by atoms with Gasteiger partial charge in [0, 0.05) is 25.8 Å². The molecule has 0 bridgehead atoms. The van der Waals surface area contributed by atoms with Crippen molar-refractivity contribution in [3.05, 3.63) is 10.8 Å². The van der Waals surface area contributed by atoms with Gasteiger partial charge in [0.15, 0.2) is 5.66 Å². The number of rotatable bonds is 7. The number of hydrogen-bond donors (Lipinski definition) is 1. The zero-order chi connectivity index (χ0) is 13.7. The summed E-state index contributed by atoms with van der Waals surface area (Å²) in [5.41, 5.74) is -0.355. The quantitative estimate of drug-likeness (QED) is 0.763. The van der Waals surface area contributed by atoms with E-state index in [4.69, 9.17) is 6.42 Å². The van der Waals surface area contributed by atoms with Gasteiger partial charge in [0.05, 0.1) is 6.20 Å². The molecule has 2 heterocycles. The smallest absolute Gasteiger partial charge is 0.243 e. The van der Waals surface area contributed by atoms with Crippen LogP contribution < -0.4 is 5.32 Å². The summed E-state index contributed by atoms with van der Waals surface area (Å²) in [7, 11) is 0. The van der Waals surface area contributed by atoms with E-state index < -0.39 is 0 Å². The highest BCUT2D eigenvalue weighted by atomic mass is 79.9. The van der Waals surface area contributed by atoms with Crippen molar-refractivity contribution in [2.45, 2.75) is 31.5 Å². The Morgan fingerprint density at radius 3 is 2.89 bits per heavy atom. The Balaban J connectivity index is 1.66. The molecule has 1 aliphatic heterocycles. The summed E-state index contributed by atoms with van der Waals surface area (Å²) in [4.78, 5) is 12.9. The lowest BCUT2D eigenvalue weighted by Gasteiger charge is -2.09. The van der Waals surface area contributed by atoms with Gasteiger partial charge >= 0.3 is 0 Å². The first-order valence-electron chi connectivity index (χ1n) is 5.83. The Morgan fingerprint density at radius 1 is 1.53 bits per heavy atom. The minimum atomic E-state index is -0.355. The van der Waals surface area contributed by atoms with Crippen LogP contribution in [0.4, 0.5) is 0 Å². The predicted octanol–water partition coefficient (Wildman–Crippen LogP) is 1.12. The summed E-state index contributed by atoms with van der Waals surface area (Å²) in [5, 5.41) is 18.6. The van der Waals surface area contributed by atoms with Gasteiger partial charge in [-0.05, 0) is 15.9 Å². The summed E-state index contributed by atoms with van der Waals surface area (Å²) in [5.74, 6) is 2.42.